The monoisotopic (exact) mass is 286 g/mol. The molecule has 2 N–H and O–H groups in total. The van der Waals surface area contributed by atoms with Crippen LogP contribution in [-0.4, -0.2) is 38.2 Å². The number of piperidine rings is 1. The molecule has 0 radical (unpaired) electrons. The lowest BCUT2D eigenvalue weighted by atomic mass is 9.92. The summed E-state index contributed by atoms with van der Waals surface area (Å²) in [5.74, 6) is 0.646. The molecule has 110 valence electrons. The average Bonchev–Trinajstić information content (AvgIpc) is 3.02. The van der Waals surface area contributed by atoms with Crippen molar-refractivity contribution in [3.8, 4) is 5.82 Å². The van der Waals surface area contributed by atoms with Crippen molar-refractivity contribution >= 4 is 11.6 Å². The fourth-order valence-electron chi connectivity index (χ4n) is 2.60. The van der Waals surface area contributed by atoms with Crippen LogP contribution < -0.4 is 10.6 Å². The van der Waals surface area contributed by atoms with Crippen LogP contribution in [0, 0.1) is 5.92 Å². The number of aromatic nitrogens is 4. The molecule has 7 nitrogen and oxygen atoms in total. The van der Waals surface area contributed by atoms with Crippen LogP contribution >= 0.6 is 0 Å². The van der Waals surface area contributed by atoms with Crippen molar-refractivity contribution in [2.45, 2.75) is 25.8 Å². The van der Waals surface area contributed by atoms with Crippen LogP contribution in [0.4, 0.5) is 5.69 Å². The van der Waals surface area contributed by atoms with E-state index in [1.54, 1.807) is 23.3 Å². The van der Waals surface area contributed by atoms with Gasteiger partial charge in [0, 0.05) is 18.2 Å². The van der Waals surface area contributed by atoms with Crippen LogP contribution in [0.1, 0.15) is 19.8 Å². The Kier molecular flexibility index (Phi) is 3.92. The van der Waals surface area contributed by atoms with E-state index in [0.717, 1.165) is 19.4 Å². The van der Waals surface area contributed by atoms with Gasteiger partial charge in [-0.25, -0.2) is 14.6 Å². The van der Waals surface area contributed by atoms with E-state index in [1.165, 1.54) is 6.33 Å². The van der Waals surface area contributed by atoms with Gasteiger partial charge in [-0.15, -0.1) is 0 Å². The Labute approximate surface area is 122 Å². The van der Waals surface area contributed by atoms with Gasteiger partial charge in [-0.3, -0.25) is 4.79 Å². The van der Waals surface area contributed by atoms with Gasteiger partial charge in [-0.2, -0.15) is 5.10 Å². The van der Waals surface area contributed by atoms with Crippen LogP contribution in [0.15, 0.2) is 31.0 Å². The fraction of sp³-hybridized carbons (Fsp3) is 0.429. The van der Waals surface area contributed by atoms with Crippen LogP contribution in [-0.2, 0) is 4.79 Å². The third-order valence-corrected chi connectivity index (χ3v) is 3.67. The molecule has 7 heteroatoms. The number of carbonyl (C=O) groups is 1. The second kappa shape index (κ2) is 6.01. The Morgan fingerprint density at radius 2 is 2.43 bits per heavy atom. The Hall–Kier alpha value is -2.28. The summed E-state index contributed by atoms with van der Waals surface area (Å²) in [5, 5.41) is 10.4. The van der Waals surface area contributed by atoms with E-state index in [9.17, 15) is 4.79 Å². The van der Waals surface area contributed by atoms with E-state index < -0.39 is 0 Å². The quantitative estimate of drug-likeness (QED) is 0.879. The zero-order chi connectivity index (χ0) is 14.7. The van der Waals surface area contributed by atoms with E-state index in [0.29, 0.717) is 17.5 Å². The van der Waals surface area contributed by atoms with E-state index in [-0.39, 0.29) is 11.8 Å². The molecule has 0 saturated carbocycles. The second-order valence-electron chi connectivity index (χ2n) is 5.28. The minimum absolute atomic E-state index is 0.0325. The molecule has 0 bridgehead atoms. The molecule has 1 saturated heterocycles. The Morgan fingerprint density at radius 1 is 1.52 bits per heavy atom. The van der Waals surface area contributed by atoms with Crippen molar-refractivity contribution in [1.29, 1.82) is 0 Å². The highest BCUT2D eigenvalue weighted by atomic mass is 16.1. The highest BCUT2D eigenvalue weighted by Crippen LogP contribution is 2.21. The Bertz CT molecular complexity index is 612. The number of nitrogens with zero attached hydrogens (tertiary/aromatic N) is 4. The SMILES string of the molecule is C[C@H]1C[C@@H](C(=O)Nc2cccnc2-n2cncn2)CCN1. The zero-order valence-corrected chi connectivity index (χ0v) is 11.9. The van der Waals surface area contributed by atoms with Gasteiger partial charge in [-0.05, 0) is 38.4 Å². The predicted octanol–water partition coefficient (Wildman–Crippen LogP) is 0.989. The van der Waals surface area contributed by atoms with Gasteiger partial charge in [0.1, 0.15) is 12.7 Å². The largest absolute Gasteiger partial charge is 0.323 e. The lowest BCUT2D eigenvalue weighted by molar-refractivity contribution is -0.120. The fourth-order valence-corrected chi connectivity index (χ4v) is 2.60. The normalized spacial score (nSPS) is 22.0. The number of anilines is 1. The first-order chi connectivity index (χ1) is 10.2. The van der Waals surface area contributed by atoms with E-state index in [2.05, 4.69) is 32.6 Å². The maximum atomic E-state index is 12.4. The first kappa shape index (κ1) is 13.7. The minimum Gasteiger partial charge on any atom is -0.323 e. The van der Waals surface area contributed by atoms with Gasteiger partial charge < -0.3 is 10.6 Å². The molecular formula is C14H18N6O. The van der Waals surface area contributed by atoms with E-state index in [1.807, 2.05) is 6.07 Å². The molecule has 1 aliphatic rings. The summed E-state index contributed by atoms with van der Waals surface area (Å²) in [6.45, 7) is 2.98. The van der Waals surface area contributed by atoms with Crippen molar-refractivity contribution in [1.82, 2.24) is 25.1 Å². The molecule has 21 heavy (non-hydrogen) atoms. The van der Waals surface area contributed by atoms with E-state index >= 15 is 0 Å². The van der Waals surface area contributed by atoms with Crippen LogP contribution in [0.3, 0.4) is 0 Å². The summed E-state index contributed by atoms with van der Waals surface area (Å²) >= 11 is 0. The topological polar surface area (TPSA) is 84.7 Å². The second-order valence-corrected chi connectivity index (χ2v) is 5.28. The van der Waals surface area contributed by atoms with Crippen LogP contribution in [0.25, 0.3) is 5.82 Å². The highest BCUT2D eigenvalue weighted by Gasteiger charge is 2.25. The first-order valence-corrected chi connectivity index (χ1v) is 7.08. The third kappa shape index (κ3) is 3.08. The third-order valence-electron chi connectivity index (χ3n) is 3.67. The summed E-state index contributed by atoms with van der Waals surface area (Å²) in [7, 11) is 0. The standard InChI is InChI=1S/C14H18N6O/c1-10-7-11(4-6-16-10)14(21)19-12-3-2-5-17-13(12)20-9-15-8-18-20/h2-3,5,8-11,16H,4,6-7H2,1H3,(H,19,21)/t10-,11-/m0/s1. The van der Waals surface area contributed by atoms with Gasteiger partial charge in [0.05, 0.1) is 5.69 Å². The summed E-state index contributed by atoms with van der Waals surface area (Å²) in [6, 6.07) is 3.99. The molecule has 0 aromatic carbocycles. The maximum Gasteiger partial charge on any atom is 0.227 e. The van der Waals surface area contributed by atoms with Crippen LogP contribution in [0.5, 0.6) is 0 Å². The molecule has 1 aliphatic heterocycles. The number of nitrogens with one attached hydrogen (secondary N) is 2. The molecule has 3 rings (SSSR count). The number of hydrogen-bond donors (Lipinski definition) is 2. The molecule has 1 fully saturated rings. The van der Waals surface area contributed by atoms with E-state index in [4.69, 9.17) is 0 Å². The lowest BCUT2D eigenvalue weighted by Crippen LogP contribution is -2.40. The molecule has 2 aromatic rings. The smallest absolute Gasteiger partial charge is 0.227 e. The van der Waals surface area contributed by atoms with Gasteiger partial charge >= 0.3 is 0 Å². The molecule has 3 heterocycles. The minimum atomic E-state index is 0.0325. The molecule has 2 atom stereocenters. The Morgan fingerprint density at radius 3 is 3.19 bits per heavy atom. The molecule has 0 unspecified atom stereocenters. The first-order valence-electron chi connectivity index (χ1n) is 7.08. The summed E-state index contributed by atoms with van der Waals surface area (Å²) in [5.41, 5.74) is 0.652. The zero-order valence-electron chi connectivity index (χ0n) is 11.9. The highest BCUT2D eigenvalue weighted by molar-refractivity contribution is 5.94. The van der Waals surface area contributed by atoms with Gasteiger partial charge in [-0.1, -0.05) is 0 Å². The summed E-state index contributed by atoms with van der Waals surface area (Å²) in [6.07, 6.45) is 6.37. The maximum absolute atomic E-state index is 12.4. The molecular weight excluding hydrogens is 268 g/mol. The van der Waals surface area contributed by atoms with Gasteiger partial charge in [0.15, 0.2) is 5.82 Å². The summed E-state index contributed by atoms with van der Waals surface area (Å²) in [4.78, 5) is 20.6. The van der Waals surface area contributed by atoms with Gasteiger partial charge in [0.2, 0.25) is 5.91 Å². The molecule has 0 aliphatic carbocycles. The van der Waals surface area contributed by atoms with Crippen molar-refractivity contribution in [2.75, 3.05) is 11.9 Å². The van der Waals surface area contributed by atoms with Crippen LogP contribution in [0.2, 0.25) is 0 Å². The molecule has 1 amide bonds. The number of carbonyl (C=O) groups excluding carboxylic acids is 1. The summed E-state index contributed by atoms with van der Waals surface area (Å²) < 4.78 is 1.54. The molecule has 0 spiro atoms. The average molecular weight is 286 g/mol. The molecule has 2 aromatic heterocycles. The number of pyridine rings is 1. The van der Waals surface area contributed by atoms with Crippen molar-refractivity contribution in [3.05, 3.63) is 31.0 Å². The van der Waals surface area contributed by atoms with Crippen molar-refractivity contribution in [3.63, 3.8) is 0 Å². The lowest BCUT2D eigenvalue weighted by Gasteiger charge is -2.27. The number of rotatable bonds is 3. The van der Waals surface area contributed by atoms with Gasteiger partial charge in [0.25, 0.3) is 0 Å². The van der Waals surface area contributed by atoms with Crippen molar-refractivity contribution < 1.29 is 4.79 Å². The van der Waals surface area contributed by atoms with Crippen molar-refractivity contribution in [2.24, 2.45) is 5.92 Å². The predicted molar refractivity (Wildman–Crippen MR) is 78.0 cm³/mol. The number of amides is 1. The number of hydrogen-bond acceptors (Lipinski definition) is 5. The Balaban J connectivity index is 1.77.